The summed E-state index contributed by atoms with van der Waals surface area (Å²) in [5.41, 5.74) is 1.79. The van der Waals surface area contributed by atoms with Gasteiger partial charge in [-0.25, -0.2) is 0 Å². The van der Waals surface area contributed by atoms with Crippen LogP contribution in [0.2, 0.25) is 0 Å². The number of hydrogen-bond acceptors (Lipinski definition) is 6. The third kappa shape index (κ3) is 4.36. The Bertz CT molecular complexity index is 864. The summed E-state index contributed by atoms with van der Waals surface area (Å²) in [7, 11) is 0. The van der Waals surface area contributed by atoms with Gasteiger partial charge in [0.25, 0.3) is 0 Å². The summed E-state index contributed by atoms with van der Waals surface area (Å²) in [6.45, 7) is 7.26. The van der Waals surface area contributed by atoms with Gasteiger partial charge >= 0.3 is 0 Å². The summed E-state index contributed by atoms with van der Waals surface area (Å²) in [4.78, 5) is 13.7. The summed E-state index contributed by atoms with van der Waals surface area (Å²) >= 11 is 2.96. The second-order valence-corrected chi connectivity index (χ2v) is 8.96. The Balaban J connectivity index is 1.67. The molecule has 1 aliphatic rings. The molecule has 1 unspecified atom stereocenters. The number of hydrogen-bond donors (Lipinski definition) is 1. The molecule has 0 aromatic carbocycles. The van der Waals surface area contributed by atoms with Crippen LogP contribution in [-0.2, 0) is 30.6 Å². The standard InChI is InChI=1S/C19H25N5OS2/c1-4-8-24-16(5-2)22-23-19(24)26-11-17(25)21-18-14(10-20)13-7-6-12(3)9-15(13)27-18/h12H,4-9,11H2,1-3H3,(H,21,25). The van der Waals surface area contributed by atoms with Gasteiger partial charge in [-0.15, -0.1) is 21.5 Å². The zero-order valence-corrected chi connectivity index (χ0v) is 17.7. The zero-order valence-electron chi connectivity index (χ0n) is 16.0. The SMILES string of the molecule is CCCn1c(CC)nnc1SCC(=O)Nc1sc2c(c1C#N)CCC(C)C2. The summed E-state index contributed by atoms with van der Waals surface area (Å²) in [6, 6.07) is 2.30. The van der Waals surface area contributed by atoms with Crippen LogP contribution in [0.4, 0.5) is 5.00 Å². The molecule has 1 atom stereocenters. The zero-order chi connectivity index (χ0) is 19.4. The smallest absolute Gasteiger partial charge is 0.235 e. The lowest BCUT2D eigenvalue weighted by atomic mass is 9.89. The second-order valence-electron chi connectivity index (χ2n) is 6.91. The summed E-state index contributed by atoms with van der Waals surface area (Å²) in [5, 5.41) is 22.4. The Hall–Kier alpha value is -1.85. The van der Waals surface area contributed by atoms with Gasteiger partial charge in [0.1, 0.15) is 16.9 Å². The fourth-order valence-electron chi connectivity index (χ4n) is 3.39. The first-order valence-electron chi connectivity index (χ1n) is 9.46. The minimum atomic E-state index is -0.104. The van der Waals surface area contributed by atoms with Gasteiger partial charge in [-0.3, -0.25) is 4.79 Å². The van der Waals surface area contributed by atoms with Crippen LogP contribution in [-0.4, -0.2) is 26.4 Å². The number of fused-ring (bicyclic) bond motifs is 1. The van der Waals surface area contributed by atoms with Crippen molar-refractivity contribution in [2.75, 3.05) is 11.1 Å². The van der Waals surface area contributed by atoms with Crippen molar-refractivity contribution in [3.63, 3.8) is 0 Å². The van der Waals surface area contributed by atoms with E-state index in [0.717, 1.165) is 55.2 Å². The Morgan fingerprint density at radius 3 is 2.96 bits per heavy atom. The number of nitriles is 1. The number of nitrogens with zero attached hydrogens (tertiary/aromatic N) is 4. The average Bonchev–Trinajstić information content (AvgIpc) is 3.19. The van der Waals surface area contributed by atoms with Gasteiger partial charge in [-0.2, -0.15) is 5.26 Å². The number of thiophene rings is 1. The highest BCUT2D eigenvalue weighted by atomic mass is 32.2. The average molecular weight is 404 g/mol. The van der Waals surface area contributed by atoms with Gasteiger partial charge in [0, 0.05) is 17.8 Å². The molecule has 0 radical (unpaired) electrons. The maximum absolute atomic E-state index is 12.5. The molecule has 27 heavy (non-hydrogen) atoms. The van der Waals surface area contributed by atoms with E-state index >= 15 is 0 Å². The molecule has 6 nitrogen and oxygen atoms in total. The van der Waals surface area contributed by atoms with E-state index in [4.69, 9.17) is 0 Å². The van der Waals surface area contributed by atoms with E-state index in [0.29, 0.717) is 16.5 Å². The molecule has 2 aromatic rings. The van der Waals surface area contributed by atoms with Gasteiger partial charge in [0.2, 0.25) is 5.91 Å². The van der Waals surface area contributed by atoms with E-state index in [1.54, 1.807) is 11.3 Å². The summed E-state index contributed by atoms with van der Waals surface area (Å²) in [5.74, 6) is 1.74. The summed E-state index contributed by atoms with van der Waals surface area (Å²) in [6.07, 6.45) is 4.86. The molecule has 3 rings (SSSR count). The molecule has 0 saturated heterocycles. The van der Waals surface area contributed by atoms with E-state index in [2.05, 4.69) is 46.9 Å². The van der Waals surface area contributed by atoms with Crippen molar-refractivity contribution in [2.24, 2.45) is 5.92 Å². The molecule has 144 valence electrons. The van der Waals surface area contributed by atoms with Gasteiger partial charge in [-0.05, 0) is 37.2 Å². The van der Waals surface area contributed by atoms with Crippen LogP contribution in [0, 0.1) is 17.2 Å². The van der Waals surface area contributed by atoms with Crippen molar-refractivity contribution in [1.29, 1.82) is 5.26 Å². The van der Waals surface area contributed by atoms with Crippen molar-refractivity contribution in [3.8, 4) is 6.07 Å². The van der Waals surface area contributed by atoms with Crippen LogP contribution >= 0.6 is 23.1 Å². The highest BCUT2D eigenvalue weighted by Crippen LogP contribution is 2.39. The molecule has 2 heterocycles. The number of thioether (sulfide) groups is 1. The van der Waals surface area contributed by atoms with E-state index in [9.17, 15) is 10.1 Å². The molecular weight excluding hydrogens is 378 g/mol. The summed E-state index contributed by atoms with van der Waals surface area (Å²) < 4.78 is 2.09. The lowest BCUT2D eigenvalue weighted by Crippen LogP contribution is -2.15. The van der Waals surface area contributed by atoms with Crippen molar-refractivity contribution in [1.82, 2.24) is 14.8 Å². The van der Waals surface area contributed by atoms with Crippen molar-refractivity contribution in [3.05, 3.63) is 21.8 Å². The fraction of sp³-hybridized carbons (Fsp3) is 0.579. The topological polar surface area (TPSA) is 83.6 Å². The molecule has 8 heteroatoms. The van der Waals surface area contributed by atoms with Crippen LogP contribution in [0.3, 0.4) is 0 Å². The van der Waals surface area contributed by atoms with Crippen LogP contribution in [0.1, 0.15) is 55.4 Å². The number of aryl methyl sites for hydroxylation is 1. The molecule has 1 amide bonds. The Morgan fingerprint density at radius 1 is 1.44 bits per heavy atom. The van der Waals surface area contributed by atoms with Gasteiger partial charge in [0.15, 0.2) is 5.16 Å². The number of anilines is 1. The van der Waals surface area contributed by atoms with Crippen LogP contribution < -0.4 is 5.32 Å². The minimum Gasteiger partial charge on any atom is -0.316 e. The number of aromatic nitrogens is 3. The monoisotopic (exact) mass is 403 g/mol. The normalized spacial score (nSPS) is 16.0. The fourth-order valence-corrected chi connectivity index (χ4v) is 5.55. The molecular formula is C19H25N5OS2. The Morgan fingerprint density at radius 2 is 2.26 bits per heavy atom. The van der Waals surface area contributed by atoms with Crippen molar-refractivity contribution < 1.29 is 4.79 Å². The van der Waals surface area contributed by atoms with Crippen LogP contribution in [0.15, 0.2) is 5.16 Å². The van der Waals surface area contributed by atoms with E-state index in [1.165, 1.54) is 16.6 Å². The first-order chi connectivity index (χ1) is 13.1. The highest BCUT2D eigenvalue weighted by Gasteiger charge is 2.24. The van der Waals surface area contributed by atoms with Crippen LogP contribution in [0.25, 0.3) is 0 Å². The molecule has 2 aromatic heterocycles. The van der Waals surface area contributed by atoms with Crippen LogP contribution in [0.5, 0.6) is 0 Å². The Labute approximate surface area is 168 Å². The van der Waals surface area contributed by atoms with Gasteiger partial charge in [0.05, 0.1) is 11.3 Å². The quantitative estimate of drug-likeness (QED) is 0.706. The molecule has 0 fully saturated rings. The number of carbonyl (C=O) groups excluding carboxylic acids is 1. The maximum Gasteiger partial charge on any atom is 0.235 e. The highest BCUT2D eigenvalue weighted by molar-refractivity contribution is 7.99. The third-order valence-electron chi connectivity index (χ3n) is 4.77. The number of rotatable bonds is 7. The number of amides is 1. The van der Waals surface area contributed by atoms with Gasteiger partial charge < -0.3 is 9.88 Å². The first-order valence-corrected chi connectivity index (χ1v) is 11.3. The van der Waals surface area contributed by atoms with Gasteiger partial charge in [-0.1, -0.05) is 32.5 Å². The molecule has 1 N–H and O–H groups in total. The van der Waals surface area contributed by atoms with Crippen molar-refractivity contribution >= 4 is 34.0 Å². The molecule has 0 saturated carbocycles. The number of carbonyl (C=O) groups is 1. The molecule has 0 spiro atoms. The minimum absolute atomic E-state index is 0.104. The predicted molar refractivity (Wildman–Crippen MR) is 109 cm³/mol. The lowest BCUT2D eigenvalue weighted by molar-refractivity contribution is -0.113. The van der Waals surface area contributed by atoms with E-state index < -0.39 is 0 Å². The Kier molecular flexibility index (Phi) is 6.55. The number of nitrogens with one attached hydrogen (secondary N) is 1. The predicted octanol–water partition coefficient (Wildman–Crippen LogP) is 4.04. The third-order valence-corrected chi connectivity index (χ3v) is 6.90. The first kappa shape index (κ1) is 19.9. The molecule has 1 aliphatic carbocycles. The molecule has 0 bridgehead atoms. The molecule has 0 aliphatic heterocycles. The van der Waals surface area contributed by atoms with E-state index in [1.807, 2.05) is 0 Å². The van der Waals surface area contributed by atoms with E-state index in [-0.39, 0.29) is 11.7 Å². The van der Waals surface area contributed by atoms with Crippen molar-refractivity contribution in [2.45, 2.75) is 64.6 Å². The maximum atomic E-state index is 12.5. The largest absolute Gasteiger partial charge is 0.316 e. The lowest BCUT2D eigenvalue weighted by Gasteiger charge is -2.17. The second kappa shape index (κ2) is 8.89.